The highest BCUT2D eigenvalue weighted by Gasteiger charge is 2.15. The molecule has 33 heavy (non-hydrogen) atoms. The zero-order chi connectivity index (χ0) is 22.8. The summed E-state index contributed by atoms with van der Waals surface area (Å²) in [5.74, 6) is -0.104. The number of fused-ring (bicyclic) bond motifs is 3. The number of Topliss-reactive ketones (excluding diaryl/α,β-unsaturated/α-hetero) is 1. The van der Waals surface area contributed by atoms with Crippen LogP contribution in [0, 0.1) is 5.82 Å². The molecule has 3 heterocycles. The Labute approximate surface area is 197 Å². The van der Waals surface area contributed by atoms with Gasteiger partial charge in [-0.05, 0) is 69.6 Å². The summed E-state index contributed by atoms with van der Waals surface area (Å²) in [4.78, 5) is 20.8. The molecule has 1 saturated heterocycles. The SMILES string of the molecule is NCc1ccc(-c2cn3c(n2)sc2cc(C(=O)CCCCN4CCCCC4)ccc23)cc1F. The second kappa shape index (κ2) is 9.71. The van der Waals surface area contributed by atoms with E-state index in [0.29, 0.717) is 12.0 Å². The normalized spacial score (nSPS) is 15.0. The topological polar surface area (TPSA) is 63.6 Å². The number of ketones is 1. The number of likely N-dealkylation sites (tertiary alicyclic amines) is 1. The fourth-order valence-corrected chi connectivity index (χ4v) is 5.68. The maximum atomic E-state index is 14.2. The Hall–Kier alpha value is -2.61. The Bertz CT molecular complexity index is 1290. The molecule has 2 N–H and O–H groups in total. The average molecular weight is 465 g/mol. The lowest BCUT2D eigenvalue weighted by Crippen LogP contribution is -2.30. The monoisotopic (exact) mass is 464 g/mol. The zero-order valence-electron chi connectivity index (χ0n) is 18.7. The van der Waals surface area contributed by atoms with Gasteiger partial charge in [-0.15, -0.1) is 0 Å². The van der Waals surface area contributed by atoms with Crippen molar-refractivity contribution < 1.29 is 9.18 Å². The molecule has 0 radical (unpaired) electrons. The summed E-state index contributed by atoms with van der Waals surface area (Å²) in [6.07, 6.45) is 8.50. The number of imidazole rings is 1. The number of nitrogens with two attached hydrogens (primary N) is 1. The number of hydrogen-bond acceptors (Lipinski definition) is 5. The van der Waals surface area contributed by atoms with E-state index >= 15 is 0 Å². The van der Waals surface area contributed by atoms with Crippen LogP contribution < -0.4 is 5.73 Å². The van der Waals surface area contributed by atoms with Gasteiger partial charge < -0.3 is 10.6 Å². The van der Waals surface area contributed by atoms with E-state index in [9.17, 15) is 9.18 Å². The fraction of sp³-hybridized carbons (Fsp3) is 0.385. The molecule has 0 atom stereocenters. The molecular weight excluding hydrogens is 435 g/mol. The van der Waals surface area contributed by atoms with Crippen LogP contribution in [0.2, 0.25) is 0 Å². The number of piperidine rings is 1. The molecule has 0 amide bonds. The summed E-state index contributed by atoms with van der Waals surface area (Å²) in [6.45, 7) is 3.70. The molecule has 172 valence electrons. The first-order chi connectivity index (χ1) is 16.1. The Kier molecular flexibility index (Phi) is 6.53. The molecule has 0 aliphatic carbocycles. The van der Waals surface area contributed by atoms with Gasteiger partial charge in [0.1, 0.15) is 5.82 Å². The smallest absolute Gasteiger partial charge is 0.195 e. The third kappa shape index (κ3) is 4.71. The van der Waals surface area contributed by atoms with Crippen LogP contribution in [-0.4, -0.2) is 39.7 Å². The van der Waals surface area contributed by atoms with Gasteiger partial charge in [0, 0.05) is 35.9 Å². The van der Waals surface area contributed by atoms with Gasteiger partial charge >= 0.3 is 0 Å². The molecule has 1 fully saturated rings. The lowest BCUT2D eigenvalue weighted by molar-refractivity contribution is 0.0977. The minimum Gasteiger partial charge on any atom is -0.326 e. The van der Waals surface area contributed by atoms with E-state index < -0.39 is 0 Å². The first-order valence-electron chi connectivity index (χ1n) is 11.8. The molecule has 1 aliphatic heterocycles. The van der Waals surface area contributed by atoms with Crippen LogP contribution >= 0.6 is 11.3 Å². The predicted octanol–water partition coefficient (Wildman–Crippen LogP) is 5.65. The van der Waals surface area contributed by atoms with E-state index in [-0.39, 0.29) is 18.1 Å². The van der Waals surface area contributed by atoms with E-state index in [1.54, 1.807) is 17.4 Å². The number of aromatic nitrogens is 2. The van der Waals surface area contributed by atoms with E-state index in [2.05, 4.69) is 4.90 Å². The van der Waals surface area contributed by atoms with Crippen molar-refractivity contribution in [1.29, 1.82) is 0 Å². The van der Waals surface area contributed by atoms with E-state index in [1.165, 1.54) is 38.4 Å². The minimum absolute atomic E-state index is 0.175. The van der Waals surface area contributed by atoms with Crippen LogP contribution in [0.4, 0.5) is 4.39 Å². The Balaban J connectivity index is 1.27. The van der Waals surface area contributed by atoms with E-state index in [0.717, 1.165) is 51.4 Å². The van der Waals surface area contributed by atoms with E-state index in [4.69, 9.17) is 10.7 Å². The molecule has 5 rings (SSSR count). The van der Waals surface area contributed by atoms with Crippen LogP contribution in [0.3, 0.4) is 0 Å². The number of carbonyl (C=O) groups excluding carboxylic acids is 1. The standard InChI is InChI=1S/C26H29FN4OS/c27-21-14-18(7-8-20(21)16-28)22-17-31-23-10-9-19(15-25(23)33-26(31)29-22)24(32)6-2-5-13-30-11-3-1-4-12-30/h7-10,14-15,17H,1-6,11-13,16,28H2. The number of nitrogens with zero attached hydrogens (tertiary/aromatic N) is 3. The number of halogens is 1. The van der Waals surface area contributed by atoms with Gasteiger partial charge in [-0.3, -0.25) is 9.20 Å². The van der Waals surface area contributed by atoms with Gasteiger partial charge in [-0.2, -0.15) is 0 Å². The van der Waals surface area contributed by atoms with Gasteiger partial charge in [-0.1, -0.05) is 29.9 Å². The number of hydrogen-bond donors (Lipinski definition) is 1. The second-order valence-corrected chi connectivity index (χ2v) is 9.87. The van der Waals surface area contributed by atoms with Gasteiger partial charge in [0.2, 0.25) is 0 Å². The van der Waals surface area contributed by atoms with Crippen molar-refractivity contribution in [2.24, 2.45) is 5.73 Å². The quantitative estimate of drug-likeness (QED) is 0.270. The van der Waals surface area contributed by atoms with Crippen LogP contribution in [0.25, 0.3) is 26.4 Å². The summed E-state index contributed by atoms with van der Waals surface area (Å²) in [6, 6.07) is 10.9. The van der Waals surface area contributed by atoms with Crippen LogP contribution in [0.5, 0.6) is 0 Å². The largest absolute Gasteiger partial charge is 0.326 e. The lowest BCUT2D eigenvalue weighted by Gasteiger charge is -2.26. The first-order valence-corrected chi connectivity index (χ1v) is 12.6. The molecule has 0 spiro atoms. The summed E-state index contributed by atoms with van der Waals surface area (Å²) >= 11 is 1.55. The average Bonchev–Trinajstić information content (AvgIpc) is 3.40. The van der Waals surface area contributed by atoms with Crippen LogP contribution in [0.1, 0.15) is 54.4 Å². The number of rotatable bonds is 8. The molecule has 7 heteroatoms. The summed E-state index contributed by atoms with van der Waals surface area (Å²) in [5.41, 5.74) is 9.28. The summed E-state index contributed by atoms with van der Waals surface area (Å²) in [5, 5.41) is 0. The van der Waals surface area contributed by atoms with Crippen molar-refractivity contribution in [3.63, 3.8) is 0 Å². The van der Waals surface area contributed by atoms with Gasteiger partial charge in [0.05, 0.1) is 15.9 Å². The third-order valence-corrected chi connectivity index (χ3v) is 7.58. The first kappa shape index (κ1) is 22.2. The van der Waals surface area contributed by atoms with Gasteiger partial charge in [-0.25, -0.2) is 9.37 Å². The zero-order valence-corrected chi connectivity index (χ0v) is 19.5. The lowest BCUT2D eigenvalue weighted by atomic mass is 10.0. The van der Waals surface area contributed by atoms with Crippen molar-refractivity contribution in [2.75, 3.05) is 19.6 Å². The molecule has 2 aromatic heterocycles. The summed E-state index contributed by atoms with van der Waals surface area (Å²) < 4.78 is 17.2. The number of carbonyl (C=O) groups is 1. The maximum absolute atomic E-state index is 14.2. The molecule has 1 aliphatic rings. The Morgan fingerprint density at radius 3 is 2.73 bits per heavy atom. The molecule has 2 aromatic carbocycles. The van der Waals surface area contributed by atoms with Crippen LogP contribution in [0.15, 0.2) is 42.6 Å². The van der Waals surface area contributed by atoms with Crippen LogP contribution in [-0.2, 0) is 6.54 Å². The van der Waals surface area contributed by atoms with E-state index in [1.807, 2.05) is 34.9 Å². The summed E-state index contributed by atoms with van der Waals surface area (Å²) in [7, 11) is 0. The third-order valence-electron chi connectivity index (χ3n) is 6.56. The van der Waals surface area contributed by atoms with Gasteiger partial charge in [0.25, 0.3) is 0 Å². The van der Waals surface area contributed by atoms with Crippen molar-refractivity contribution in [2.45, 2.75) is 45.1 Å². The molecule has 4 aromatic rings. The highest BCUT2D eigenvalue weighted by Crippen LogP contribution is 2.31. The minimum atomic E-state index is -0.310. The van der Waals surface area contributed by atoms with Crippen molar-refractivity contribution >= 4 is 32.3 Å². The Morgan fingerprint density at radius 2 is 1.94 bits per heavy atom. The van der Waals surface area contributed by atoms with Gasteiger partial charge in [0.15, 0.2) is 10.7 Å². The molecular formula is C26H29FN4OS. The highest BCUT2D eigenvalue weighted by atomic mass is 32.1. The molecule has 0 unspecified atom stereocenters. The second-order valence-electron chi connectivity index (χ2n) is 8.86. The fourth-order valence-electron chi connectivity index (χ4n) is 4.63. The number of unbranched alkanes of at least 4 members (excludes halogenated alkanes) is 1. The molecule has 5 nitrogen and oxygen atoms in total. The molecule has 0 saturated carbocycles. The Morgan fingerprint density at radius 1 is 1.09 bits per heavy atom. The highest BCUT2D eigenvalue weighted by molar-refractivity contribution is 7.23. The molecule has 0 bridgehead atoms. The van der Waals surface area contributed by atoms with Crippen molar-refractivity contribution in [3.05, 3.63) is 59.5 Å². The predicted molar refractivity (Wildman–Crippen MR) is 132 cm³/mol. The van der Waals surface area contributed by atoms with Crippen molar-refractivity contribution in [1.82, 2.24) is 14.3 Å². The van der Waals surface area contributed by atoms with Crippen molar-refractivity contribution in [3.8, 4) is 11.3 Å². The maximum Gasteiger partial charge on any atom is 0.195 e. The number of thiazole rings is 1. The number of benzene rings is 2.